The molecule has 5 nitrogen and oxygen atoms in total. The van der Waals surface area contributed by atoms with Gasteiger partial charge in [0.25, 0.3) is 0 Å². The molecular formula is C6H11FO5. The van der Waals surface area contributed by atoms with E-state index < -0.39 is 31.1 Å². The molecule has 0 spiro atoms. The Balaban J connectivity index is 4.07. The fraction of sp³-hybridized carbons (Fsp3) is 0.833. The second-order valence-electron chi connectivity index (χ2n) is 2.33. The van der Waals surface area contributed by atoms with Crippen LogP contribution in [-0.4, -0.2) is 57.8 Å². The van der Waals surface area contributed by atoms with Crippen molar-refractivity contribution in [1.29, 1.82) is 0 Å². The summed E-state index contributed by atoms with van der Waals surface area (Å²) in [5.74, 6) is 0. The molecule has 0 aliphatic heterocycles. The van der Waals surface area contributed by atoms with Gasteiger partial charge in [0.2, 0.25) is 0 Å². The van der Waals surface area contributed by atoms with E-state index in [9.17, 15) is 9.18 Å². The number of aliphatic hydroxyl groups excluding tert-OH is 4. The zero-order valence-corrected chi connectivity index (χ0v) is 6.17. The van der Waals surface area contributed by atoms with Crippen molar-refractivity contribution in [3.8, 4) is 0 Å². The Morgan fingerprint density at radius 1 is 1.17 bits per heavy atom. The third-order valence-corrected chi connectivity index (χ3v) is 1.39. The van der Waals surface area contributed by atoms with Gasteiger partial charge in [-0.3, -0.25) is 0 Å². The Morgan fingerprint density at radius 2 is 1.67 bits per heavy atom. The molecule has 0 aromatic carbocycles. The van der Waals surface area contributed by atoms with E-state index in [-0.39, 0.29) is 6.29 Å². The van der Waals surface area contributed by atoms with E-state index in [1.54, 1.807) is 0 Å². The topological polar surface area (TPSA) is 98.0 Å². The lowest BCUT2D eigenvalue weighted by atomic mass is 10.0. The monoisotopic (exact) mass is 182 g/mol. The average Bonchev–Trinajstić information content (AvgIpc) is 2.12. The van der Waals surface area contributed by atoms with Crippen LogP contribution >= 0.6 is 0 Å². The van der Waals surface area contributed by atoms with E-state index in [1.165, 1.54) is 0 Å². The van der Waals surface area contributed by atoms with Crippen molar-refractivity contribution in [1.82, 2.24) is 0 Å². The first-order valence-corrected chi connectivity index (χ1v) is 3.28. The molecule has 4 unspecified atom stereocenters. The van der Waals surface area contributed by atoms with Gasteiger partial charge in [-0.25, -0.2) is 4.39 Å². The summed E-state index contributed by atoms with van der Waals surface area (Å²) in [6.45, 7) is -1.26. The predicted octanol–water partition coefficient (Wildman–Crippen LogP) is -2.40. The Bertz CT molecular complexity index is 142. The fourth-order valence-electron chi connectivity index (χ4n) is 0.601. The van der Waals surface area contributed by atoms with Gasteiger partial charge in [0.1, 0.15) is 31.1 Å². The molecule has 0 heterocycles. The Labute approximate surface area is 68.1 Å². The Kier molecular flexibility index (Phi) is 4.91. The highest BCUT2D eigenvalue weighted by Crippen LogP contribution is 2.04. The molecule has 0 aromatic rings. The molecule has 0 aromatic heterocycles. The van der Waals surface area contributed by atoms with Crippen LogP contribution in [0.25, 0.3) is 0 Å². The molecule has 0 aliphatic rings. The summed E-state index contributed by atoms with van der Waals surface area (Å²) < 4.78 is 11.7. The van der Waals surface area contributed by atoms with Crippen molar-refractivity contribution in [2.45, 2.75) is 24.4 Å². The maximum absolute atomic E-state index is 11.7. The number of alkyl halides is 1. The van der Waals surface area contributed by atoms with Crippen LogP contribution in [-0.2, 0) is 4.79 Å². The molecule has 6 heteroatoms. The fourth-order valence-corrected chi connectivity index (χ4v) is 0.601. The molecular weight excluding hydrogens is 171 g/mol. The van der Waals surface area contributed by atoms with E-state index in [1.807, 2.05) is 0 Å². The summed E-state index contributed by atoms with van der Waals surface area (Å²) in [5.41, 5.74) is 0. The predicted molar refractivity (Wildman–Crippen MR) is 36.1 cm³/mol. The summed E-state index contributed by atoms with van der Waals surface area (Å²) >= 11 is 0. The number of aldehydes is 1. The van der Waals surface area contributed by atoms with Crippen molar-refractivity contribution >= 4 is 6.29 Å². The largest absolute Gasteiger partial charge is 0.388 e. The van der Waals surface area contributed by atoms with Gasteiger partial charge in [-0.2, -0.15) is 0 Å². The molecule has 4 atom stereocenters. The molecule has 0 saturated heterocycles. The maximum Gasteiger partial charge on any atom is 0.151 e. The minimum absolute atomic E-state index is 0.0150. The number of hydrogen-bond acceptors (Lipinski definition) is 5. The van der Waals surface area contributed by atoms with E-state index >= 15 is 0 Å². The molecule has 0 bridgehead atoms. The van der Waals surface area contributed by atoms with Crippen LogP contribution in [0.4, 0.5) is 4.39 Å². The SMILES string of the molecule is O=CC(O)C(O)C(O)C(O)CF. The van der Waals surface area contributed by atoms with Crippen molar-refractivity contribution in [3.63, 3.8) is 0 Å². The molecule has 12 heavy (non-hydrogen) atoms. The van der Waals surface area contributed by atoms with Gasteiger partial charge >= 0.3 is 0 Å². The van der Waals surface area contributed by atoms with Gasteiger partial charge in [-0.15, -0.1) is 0 Å². The van der Waals surface area contributed by atoms with Crippen LogP contribution in [0.1, 0.15) is 0 Å². The van der Waals surface area contributed by atoms with Gasteiger partial charge in [0.15, 0.2) is 6.29 Å². The summed E-state index contributed by atoms with van der Waals surface area (Å²) in [4.78, 5) is 9.87. The molecule has 0 fully saturated rings. The lowest BCUT2D eigenvalue weighted by molar-refractivity contribution is -0.134. The average molecular weight is 182 g/mol. The Morgan fingerprint density at radius 3 is 2.00 bits per heavy atom. The van der Waals surface area contributed by atoms with E-state index in [0.29, 0.717) is 0 Å². The molecule has 72 valence electrons. The number of carbonyl (C=O) groups is 1. The zero-order valence-electron chi connectivity index (χ0n) is 6.17. The minimum Gasteiger partial charge on any atom is -0.388 e. The zero-order chi connectivity index (χ0) is 9.72. The van der Waals surface area contributed by atoms with E-state index in [0.717, 1.165) is 0 Å². The van der Waals surface area contributed by atoms with Crippen molar-refractivity contribution in [2.24, 2.45) is 0 Å². The van der Waals surface area contributed by atoms with Gasteiger partial charge < -0.3 is 25.2 Å². The van der Waals surface area contributed by atoms with Crippen LogP contribution in [0, 0.1) is 0 Å². The number of aliphatic hydroxyl groups is 4. The first-order chi connectivity index (χ1) is 5.54. The summed E-state index contributed by atoms with van der Waals surface area (Å²) in [7, 11) is 0. The van der Waals surface area contributed by atoms with Crippen LogP contribution in [0.15, 0.2) is 0 Å². The second-order valence-corrected chi connectivity index (χ2v) is 2.33. The third-order valence-electron chi connectivity index (χ3n) is 1.39. The Hall–Kier alpha value is -0.560. The van der Waals surface area contributed by atoms with Gasteiger partial charge in [-0.05, 0) is 0 Å². The molecule has 0 saturated carbocycles. The van der Waals surface area contributed by atoms with Crippen molar-refractivity contribution < 1.29 is 29.6 Å². The summed E-state index contributed by atoms with van der Waals surface area (Å²) in [5, 5.41) is 34.9. The van der Waals surface area contributed by atoms with Crippen LogP contribution in [0.2, 0.25) is 0 Å². The van der Waals surface area contributed by atoms with Crippen LogP contribution < -0.4 is 0 Å². The number of hydrogen-bond donors (Lipinski definition) is 4. The highest BCUT2D eigenvalue weighted by atomic mass is 19.1. The highest BCUT2D eigenvalue weighted by Gasteiger charge is 2.29. The summed E-state index contributed by atoms with van der Waals surface area (Å²) in [6.07, 6.45) is -7.36. The molecule has 4 N–H and O–H groups in total. The molecule has 0 amide bonds. The van der Waals surface area contributed by atoms with Gasteiger partial charge in [0, 0.05) is 0 Å². The first-order valence-electron chi connectivity index (χ1n) is 3.28. The second kappa shape index (κ2) is 5.15. The number of rotatable bonds is 5. The number of halogens is 1. The highest BCUT2D eigenvalue weighted by molar-refractivity contribution is 5.56. The lowest BCUT2D eigenvalue weighted by Gasteiger charge is -2.21. The minimum atomic E-state index is -1.87. The summed E-state index contributed by atoms with van der Waals surface area (Å²) in [6, 6.07) is 0. The molecule has 0 rings (SSSR count). The third kappa shape index (κ3) is 2.82. The normalized spacial score (nSPS) is 21.1. The standard InChI is InChI=1S/C6H11FO5/c7-1-3(9)5(11)6(12)4(10)2-8/h2-6,9-12H,1H2. The number of carbonyl (C=O) groups excluding carboxylic acids is 1. The quantitative estimate of drug-likeness (QED) is 0.355. The lowest BCUT2D eigenvalue weighted by Crippen LogP contribution is -2.45. The van der Waals surface area contributed by atoms with Crippen LogP contribution in [0.3, 0.4) is 0 Å². The first kappa shape index (κ1) is 11.4. The maximum atomic E-state index is 11.7. The smallest absolute Gasteiger partial charge is 0.151 e. The van der Waals surface area contributed by atoms with E-state index in [2.05, 4.69) is 0 Å². The van der Waals surface area contributed by atoms with Crippen LogP contribution in [0.5, 0.6) is 0 Å². The van der Waals surface area contributed by atoms with E-state index in [4.69, 9.17) is 20.4 Å². The van der Waals surface area contributed by atoms with Crippen molar-refractivity contribution in [2.75, 3.05) is 6.67 Å². The van der Waals surface area contributed by atoms with Crippen molar-refractivity contribution in [3.05, 3.63) is 0 Å². The molecule has 0 radical (unpaired) electrons. The van der Waals surface area contributed by atoms with Gasteiger partial charge in [0.05, 0.1) is 0 Å². The van der Waals surface area contributed by atoms with Gasteiger partial charge in [-0.1, -0.05) is 0 Å². The molecule has 0 aliphatic carbocycles.